The Morgan fingerprint density at radius 2 is 1.04 bits per heavy atom. The maximum Gasteiger partial charge on any atom is 0.216 e. The van der Waals surface area contributed by atoms with Crippen molar-refractivity contribution in [3.05, 3.63) is 24.3 Å². The van der Waals surface area contributed by atoms with E-state index in [1.54, 1.807) is 24.3 Å². The summed E-state index contributed by atoms with van der Waals surface area (Å²) in [5.41, 5.74) is 0. The lowest BCUT2D eigenvalue weighted by Gasteiger charge is -2.00. The minimum atomic E-state index is 0.189. The molecular weight excluding hydrogens is 348 g/mol. The highest BCUT2D eigenvalue weighted by Gasteiger charge is 2.30. The van der Waals surface area contributed by atoms with Gasteiger partial charge in [-0.2, -0.15) is 0 Å². The molecule has 2 aliphatic rings. The van der Waals surface area contributed by atoms with Gasteiger partial charge in [0.15, 0.2) is 23.0 Å². The fraction of sp³-hybridized carbons (Fsp3) is 0.429. The van der Waals surface area contributed by atoms with Crippen LogP contribution in [0.5, 0.6) is 46.0 Å². The van der Waals surface area contributed by atoms with Gasteiger partial charge in [-0.25, -0.2) is 0 Å². The molecule has 6 heteroatoms. The van der Waals surface area contributed by atoms with Crippen LogP contribution in [-0.4, -0.2) is 23.4 Å². The summed E-state index contributed by atoms with van der Waals surface area (Å²) in [5.74, 6) is 4.32. The van der Waals surface area contributed by atoms with E-state index >= 15 is 0 Å². The largest absolute Gasteiger partial charge is 0.504 e. The molecule has 0 fully saturated rings. The number of hydrogen-bond acceptors (Lipinski definition) is 6. The van der Waals surface area contributed by atoms with E-state index in [0.717, 1.165) is 24.3 Å². The first-order chi connectivity index (χ1) is 13.1. The smallest absolute Gasteiger partial charge is 0.216 e. The molecule has 2 aliphatic heterocycles. The Balaban J connectivity index is 0.000000170. The topological polar surface area (TPSA) is 84.0 Å². The van der Waals surface area contributed by atoms with Crippen LogP contribution in [0.2, 0.25) is 0 Å². The van der Waals surface area contributed by atoms with Crippen molar-refractivity contribution in [1.82, 2.24) is 0 Å². The number of rotatable bonds is 6. The first-order valence-corrected chi connectivity index (χ1v) is 9.40. The van der Waals surface area contributed by atoms with Crippen molar-refractivity contribution in [2.24, 2.45) is 0 Å². The number of phenols is 2. The Bertz CT molecular complexity index is 693. The van der Waals surface area contributed by atoms with Gasteiger partial charge in [-0.15, -0.1) is 0 Å². The first kappa shape index (κ1) is 20.6. The molecule has 2 heterocycles. The zero-order valence-electron chi connectivity index (χ0n) is 16.4. The molecule has 0 atom stereocenters. The van der Waals surface area contributed by atoms with E-state index in [-0.39, 0.29) is 11.5 Å². The van der Waals surface area contributed by atoms with Gasteiger partial charge in [0.1, 0.15) is 0 Å². The van der Waals surface area contributed by atoms with E-state index in [2.05, 4.69) is 13.8 Å². The first-order valence-electron chi connectivity index (χ1n) is 9.40. The molecule has 6 nitrogen and oxygen atoms in total. The van der Waals surface area contributed by atoms with E-state index < -0.39 is 0 Å². The van der Waals surface area contributed by atoms with Crippen molar-refractivity contribution in [2.75, 3.05) is 13.2 Å². The van der Waals surface area contributed by atoms with Crippen LogP contribution in [0.4, 0.5) is 0 Å². The molecule has 27 heavy (non-hydrogen) atoms. The summed E-state index contributed by atoms with van der Waals surface area (Å²) in [6.45, 7) is 9.70. The summed E-state index contributed by atoms with van der Waals surface area (Å²) < 4.78 is 20.8. The highest BCUT2D eigenvalue weighted by molar-refractivity contribution is 5.70. The predicted octanol–water partition coefficient (Wildman–Crippen LogP) is 5.99. The predicted molar refractivity (Wildman–Crippen MR) is 104 cm³/mol. The number of phenolic OH excluding ortho intramolecular Hbond substituents is 2. The van der Waals surface area contributed by atoms with Crippen molar-refractivity contribution in [2.45, 2.75) is 47.0 Å². The summed E-state index contributed by atoms with van der Waals surface area (Å²) in [4.78, 5) is 0. The molecule has 0 unspecified atom stereocenters. The molecule has 0 aromatic heterocycles. The fourth-order valence-electron chi connectivity index (χ4n) is 2.08. The van der Waals surface area contributed by atoms with Crippen LogP contribution in [0, 0.1) is 0 Å². The molecule has 0 radical (unpaired) electrons. The van der Waals surface area contributed by atoms with E-state index in [4.69, 9.17) is 29.2 Å². The highest BCUT2D eigenvalue weighted by atomic mass is 16.6. The number of aromatic hydroxyl groups is 2. The van der Waals surface area contributed by atoms with Gasteiger partial charge in [0.2, 0.25) is 23.0 Å². The second-order valence-electron chi connectivity index (χ2n) is 6.09. The Kier molecular flexibility index (Phi) is 7.46. The lowest BCUT2D eigenvalue weighted by molar-refractivity contribution is 0.314. The summed E-state index contributed by atoms with van der Waals surface area (Å²) in [6, 6.07) is 6.60. The Morgan fingerprint density at radius 3 is 1.37 bits per heavy atom. The summed E-state index contributed by atoms with van der Waals surface area (Å²) in [5, 5.41) is 18.3. The third-order valence-electron chi connectivity index (χ3n) is 3.36. The Labute approximate surface area is 160 Å². The zero-order valence-corrected chi connectivity index (χ0v) is 16.4. The molecule has 4 rings (SSSR count). The molecule has 0 bridgehead atoms. The maximum atomic E-state index is 9.14. The lowest BCUT2D eigenvalue weighted by Crippen LogP contribution is -1.93. The van der Waals surface area contributed by atoms with Crippen molar-refractivity contribution in [1.29, 1.82) is 0 Å². The van der Waals surface area contributed by atoms with Crippen LogP contribution >= 0.6 is 0 Å². The van der Waals surface area contributed by atoms with Crippen LogP contribution in [0.25, 0.3) is 0 Å². The van der Waals surface area contributed by atoms with Gasteiger partial charge in [0.25, 0.3) is 0 Å². The minimum Gasteiger partial charge on any atom is -0.504 e. The molecule has 2 aromatic rings. The van der Waals surface area contributed by atoms with E-state index in [9.17, 15) is 0 Å². The lowest BCUT2D eigenvalue weighted by atomic mass is 10.3. The molecule has 2 N–H and O–H groups in total. The summed E-state index contributed by atoms with van der Waals surface area (Å²) >= 11 is 0. The average molecular weight is 376 g/mol. The minimum absolute atomic E-state index is 0.189. The van der Waals surface area contributed by atoms with E-state index in [0.29, 0.717) is 36.2 Å². The van der Waals surface area contributed by atoms with Crippen molar-refractivity contribution in [3.8, 4) is 46.0 Å². The van der Waals surface area contributed by atoms with Crippen molar-refractivity contribution < 1.29 is 29.2 Å². The van der Waals surface area contributed by atoms with Gasteiger partial charge >= 0.3 is 0 Å². The number of fused-ring (bicyclic) bond motifs is 2. The average Bonchev–Trinajstić information content (AvgIpc) is 3.54. The van der Waals surface area contributed by atoms with Crippen LogP contribution < -0.4 is 18.9 Å². The third-order valence-corrected chi connectivity index (χ3v) is 3.36. The van der Waals surface area contributed by atoms with E-state index in [1.807, 2.05) is 13.8 Å². The standard InChI is InChI=1S/2C9H10O3.C3H8/c2*1-2-5-11-7-4-3-6(10)8-9(7)12-8;1-3-2/h2*3-4,10H,2,5H2,1H3;3H2,1-2H3. The quantitative estimate of drug-likeness (QED) is 0.402. The maximum absolute atomic E-state index is 9.14. The number of hydrogen-bond donors (Lipinski definition) is 2. The summed E-state index contributed by atoms with van der Waals surface area (Å²) in [7, 11) is 0. The van der Waals surface area contributed by atoms with Crippen LogP contribution in [0.15, 0.2) is 24.3 Å². The molecule has 0 aliphatic carbocycles. The fourth-order valence-corrected chi connectivity index (χ4v) is 2.08. The number of ether oxygens (including phenoxy) is 4. The molecule has 0 amide bonds. The molecule has 0 saturated carbocycles. The van der Waals surface area contributed by atoms with Crippen LogP contribution in [0.1, 0.15) is 47.0 Å². The van der Waals surface area contributed by atoms with E-state index in [1.165, 1.54) is 6.42 Å². The van der Waals surface area contributed by atoms with Gasteiger partial charge in [0.05, 0.1) is 13.2 Å². The monoisotopic (exact) mass is 376 g/mol. The van der Waals surface area contributed by atoms with Gasteiger partial charge in [-0.3, -0.25) is 0 Å². The summed E-state index contributed by atoms with van der Waals surface area (Å²) in [6.07, 6.45) is 3.19. The van der Waals surface area contributed by atoms with Gasteiger partial charge in [-0.1, -0.05) is 34.1 Å². The Hall–Kier alpha value is -2.76. The second-order valence-corrected chi connectivity index (χ2v) is 6.09. The van der Waals surface area contributed by atoms with Crippen molar-refractivity contribution >= 4 is 0 Å². The SMILES string of the molecule is CCC.CCCOc1ccc(O)c2c1O2.CCCOc1ccc(O)c2c1O2. The van der Waals surface area contributed by atoms with Crippen LogP contribution in [-0.2, 0) is 0 Å². The molecule has 148 valence electrons. The Morgan fingerprint density at radius 1 is 0.667 bits per heavy atom. The van der Waals surface area contributed by atoms with Gasteiger partial charge in [0, 0.05) is 0 Å². The second kappa shape index (κ2) is 9.80. The van der Waals surface area contributed by atoms with Gasteiger partial charge < -0.3 is 29.2 Å². The molecule has 2 aromatic carbocycles. The third kappa shape index (κ3) is 5.61. The molecule has 0 spiro atoms. The molecule has 0 saturated heterocycles. The molecular formula is C21H28O6. The van der Waals surface area contributed by atoms with Crippen LogP contribution in [0.3, 0.4) is 0 Å². The van der Waals surface area contributed by atoms with Gasteiger partial charge in [-0.05, 0) is 37.1 Å². The normalized spacial score (nSPS) is 11.1. The zero-order chi connectivity index (χ0) is 19.8. The number of benzene rings is 2. The highest BCUT2D eigenvalue weighted by Crippen LogP contribution is 2.58. The van der Waals surface area contributed by atoms with Crippen molar-refractivity contribution in [3.63, 3.8) is 0 Å².